The van der Waals surface area contributed by atoms with Gasteiger partial charge in [0.05, 0.1) is 12.6 Å². The van der Waals surface area contributed by atoms with Crippen LogP contribution in [0.5, 0.6) is 5.75 Å². The molecule has 0 saturated heterocycles. The van der Waals surface area contributed by atoms with Gasteiger partial charge in [0.25, 0.3) is 0 Å². The molecule has 0 aliphatic rings. The van der Waals surface area contributed by atoms with Crippen molar-refractivity contribution in [3.05, 3.63) is 59.9 Å². The molecule has 2 amide bonds. The van der Waals surface area contributed by atoms with Crippen molar-refractivity contribution in [2.24, 2.45) is 0 Å². The smallest absolute Gasteiger partial charge is 0.315 e. The minimum atomic E-state index is -0.973. The maximum Gasteiger partial charge on any atom is 0.315 e. The number of hydrogen-bond acceptors (Lipinski definition) is 3. The number of aromatic nitrogens is 1. The zero-order valence-electron chi connectivity index (χ0n) is 12.6. The molecule has 0 aliphatic heterocycles. The van der Waals surface area contributed by atoms with Gasteiger partial charge in [-0.2, -0.15) is 0 Å². The average molecular weight is 321 g/mol. The number of urea groups is 1. The van der Waals surface area contributed by atoms with Crippen LogP contribution in [0, 0.1) is 11.6 Å². The summed E-state index contributed by atoms with van der Waals surface area (Å²) in [5.74, 6) is -1.70. The van der Waals surface area contributed by atoms with Crippen molar-refractivity contribution in [3.8, 4) is 5.75 Å². The lowest BCUT2D eigenvalue weighted by atomic mass is 10.1. The molecule has 1 aromatic carbocycles. The second kappa shape index (κ2) is 8.07. The summed E-state index contributed by atoms with van der Waals surface area (Å²) >= 11 is 0. The summed E-state index contributed by atoms with van der Waals surface area (Å²) in [7, 11) is 0. The van der Waals surface area contributed by atoms with E-state index < -0.39 is 11.6 Å². The second-order valence-corrected chi connectivity index (χ2v) is 4.83. The minimum Gasteiger partial charge on any atom is -0.492 e. The van der Waals surface area contributed by atoms with E-state index in [2.05, 4.69) is 15.6 Å². The number of halogens is 2. The van der Waals surface area contributed by atoms with Crippen LogP contribution >= 0.6 is 0 Å². The van der Waals surface area contributed by atoms with Gasteiger partial charge in [0, 0.05) is 18.5 Å². The van der Waals surface area contributed by atoms with E-state index in [4.69, 9.17) is 4.74 Å². The molecule has 122 valence electrons. The quantitative estimate of drug-likeness (QED) is 0.804. The SMILES string of the molecule is CC(NC(=O)NCCOc1ccc(F)c(F)c1)c1ccncc1. The van der Waals surface area contributed by atoms with Crippen molar-refractivity contribution in [3.63, 3.8) is 0 Å². The summed E-state index contributed by atoms with van der Waals surface area (Å²) in [5.41, 5.74) is 0.938. The van der Waals surface area contributed by atoms with Crippen molar-refractivity contribution in [2.45, 2.75) is 13.0 Å². The van der Waals surface area contributed by atoms with E-state index in [9.17, 15) is 13.6 Å². The molecule has 1 unspecified atom stereocenters. The lowest BCUT2D eigenvalue weighted by molar-refractivity contribution is 0.233. The molecular weight excluding hydrogens is 304 g/mol. The monoisotopic (exact) mass is 321 g/mol. The maximum absolute atomic E-state index is 13.0. The number of carbonyl (C=O) groups is 1. The predicted octanol–water partition coefficient (Wildman–Crippen LogP) is 2.80. The van der Waals surface area contributed by atoms with Gasteiger partial charge in [0.2, 0.25) is 0 Å². The van der Waals surface area contributed by atoms with E-state index in [0.29, 0.717) is 0 Å². The first-order valence-electron chi connectivity index (χ1n) is 7.08. The Hall–Kier alpha value is -2.70. The Balaban J connectivity index is 1.69. The van der Waals surface area contributed by atoms with Crippen LogP contribution in [-0.2, 0) is 0 Å². The lowest BCUT2D eigenvalue weighted by Gasteiger charge is -2.15. The first kappa shape index (κ1) is 16.7. The van der Waals surface area contributed by atoms with E-state index in [-0.39, 0.29) is 31.0 Å². The lowest BCUT2D eigenvalue weighted by Crippen LogP contribution is -2.38. The molecule has 0 fully saturated rings. The van der Waals surface area contributed by atoms with Gasteiger partial charge in [-0.15, -0.1) is 0 Å². The average Bonchev–Trinajstić information content (AvgIpc) is 2.55. The van der Waals surface area contributed by atoms with Crippen molar-refractivity contribution in [1.29, 1.82) is 0 Å². The molecule has 23 heavy (non-hydrogen) atoms. The number of nitrogens with one attached hydrogen (secondary N) is 2. The molecule has 1 atom stereocenters. The Morgan fingerprint density at radius 1 is 1.22 bits per heavy atom. The van der Waals surface area contributed by atoms with Crippen molar-refractivity contribution >= 4 is 6.03 Å². The molecule has 1 aromatic heterocycles. The molecule has 0 spiro atoms. The minimum absolute atomic E-state index is 0.141. The molecule has 0 radical (unpaired) electrons. The topological polar surface area (TPSA) is 63.2 Å². The molecule has 0 saturated carbocycles. The highest BCUT2D eigenvalue weighted by Crippen LogP contribution is 2.15. The zero-order valence-corrected chi connectivity index (χ0v) is 12.6. The maximum atomic E-state index is 13.0. The van der Waals surface area contributed by atoms with Gasteiger partial charge in [-0.05, 0) is 36.8 Å². The molecule has 7 heteroatoms. The van der Waals surface area contributed by atoms with Gasteiger partial charge in [0.1, 0.15) is 12.4 Å². The number of pyridine rings is 1. The molecule has 2 rings (SSSR count). The third-order valence-electron chi connectivity index (χ3n) is 3.10. The Morgan fingerprint density at radius 3 is 2.65 bits per heavy atom. The van der Waals surface area contributed by atoms with E-state index in [1.54, 1.807) is 12.4 Å². The van der Waals surface area contributed by atoms with Crippen LogP contribution in [0.2, 0.25) is 0 Å². The summed E-state index contributed by atoms with van der Waals surface area (Å²) in [4.78, 5) is 15.6. The van der Waals surface area contributed by atoms with Gasteiger partial charge in [0.15, 0.2) is 11.6 Å². The molecule has 0 bridgehead atoms. The molecule has 2 aromatic rings. The van der Waals surface area contributed by atoms with Crippen LogP contribution in [0.1, 0.15) is 18.5 Å². The zero-order chi connectivity index (χ0) is 16.7. The highest BCUT2D eigenvalue weighted by Gasteiger charge is 2.08. The summed E-state index contributed by atoms with van der Waals surface area (Å²) in [6.45, 7) is 2.22. The van der Waals surface area contributed by atoms with E-state index >= 15 is 0 Å². The second-order valence-electron chi connectivity index (χ2n) is 4.83. The first-order valence-corrected chi connectivity index (χ1v) is 7.08. The van der Waals surface area contributed by atoms with Crippen LogP contribution in [0.3, 0.4) is 0 Å². The number of ether oxygens (including phenoxy) is 1. The van der Waals surface area contributed by atoms with Gasteiger partial charge in [-0.3, -0.25) is 4.98 Å². The highest BCUT2D eigenvalue weighted by molar-refractivity contribution is 5.74. The number of nitrogens with zero attached hydrogens (tertiary/aromatic N) is 1. The summed E-state index contributed by atoms with van der Waals surface area (Å²) < 4.78 is 31.0. The fraction of sp³-hybridized carbons (Fsp3) is 0.250. The number of amides is 2. The third-order valence-corrected chi connectivity index (χ3v) is 3.10. The Bertz CT molecular complexity index is 653. The van der Waals surface area contributed by atoms with Crippen LogP contribution in [0.15, 0.2) is 42.7 Å². The van der Waals surface area contributed by atoms with Crippen LogP contribution in [0.4, 0.5) is 13.6 Å². The summed E-state index contributed by atoms with van der Waals surface area (Å²) in [5, 5.41) is 5.39. The van der Waals surface area contributed by atoms with E-state index in [0.717, 1.165) is 17.7 Å². The number of carbonyl (C=O) groups excluding carboxylic acids is 1. The Morgan fingerprint density at radius 2 is 1.96 bits per heavy atom. The van der Waals surface area contributed by atoms with Gasteiger partial charge in [-0.1, -0.05) is 0 Å². The van der Waals surface area contributed by atoms with Crippen molar-refractivity contribution in [2.75, 3.05) is 13.2 Å². The van der Waals surface area contributed by atoms with Crippen LogP contribution in [0.25, 0.3) is 0 Å². The fourth-order valence-electron chi connectivity index (χ4n) is 1.88. The van der Waals surface area contributed by atoms with Gasteiger partial charge >= 0.3 is 6.03 Å². The summed E-state index contributed by atoms with van der Waals surface area (Å²) in [6.07, 6.45) is 3.31. The number of hydrogen-bond donors (Lipinski definition) is 2. The molecule has 0 aliphatic carbocycles. The van der Waals surface area contributed by atoms with Crippen LogP contribution in [-0.4, -0.2) is 24.2 Å². The molecular formula is C16H17F2N3O2. The first-order chi connectivity index (χ1) is 11.1. The molecule has 2 N–H and O–H groups in total. The fourth-order valence-corrected chi connectivity index (χ4v) is 1.88. The van der Waals surface area contributed by atoms with Gasteiger partial charge in [-0.25, -0.2) is 13.6 Å². The Labute approximate surface area is 132 Å². The number of rotatable bonds is 6. The van der Waals surface area contributed by atoms with E-state index in [1.807, 2.05) is 19.1 Å². The highest BCUT2D eigenvalue weighted by atomic mass is 19.2. The standard InChI is InChI=1S/C16H17F2N3O2/c1-11(12-4-6-19-7-5-12)21-16(22)20-8-9-23-13-2-3-14(17)15(18)10-13/h2-7,10-11H,8-9H2,1H3,(H2,20,21,22). The van der Waals surface area contributed by atoms with Crippen LogP contribution < -0.4 is 15.4 Å². The van der Waals surface area contributed by atoms with Crippen molar-refractivity contribution in [1.82, 2.24) is 15.6 Å². The Kier molecular flexibility index (Phi) is 5.85. The molecule has 5 nitrogen and oxygen atoms in total. The number of benzene rings is 1. The normalized spacial score (nSPS) is 11.6. The third kappa shape index (κ3) is 5.21. The largest absolute Gasteiger partial charge is 0.492 e. The summed E-state index contributed by atoms with van der Waals surface area (Å²) in [6, 6.07) is 6.40. The van der Waals surface area contributed by atoms with E-state index in [1.165, 1.54) is 6.07 Å². The predicted molar refractivity (Wildman–Crippen MR) is 81.0 cm³/mol. The van der Waals surface area contributed by atoms with Gasteiger partial charge < -0.3 is 15.4 Å². The molecule has 1 heterocycles. The van der Waals surface area contributed by atoms with Crippen molar-refractivity contribution < 1.29 is 18.3 Å².